The van der Waals surface area contributed by atoms with Gasteiger partial charge in [-0.1, -0.05) is 38.1 Å². The molecule has 0 radical (unpaired) electrons. The van der Waals surface area contributed by atoms with Crippen molar-refractivity contribution in [2.75, 3.05) is 13.1 Å². The van der Waals surface area contributed by atoms with E-state index < -0.39 is 6.17 Å². The van der Waals surface area contributed by atoms with E-state index in [0.29, 0.717) is 18.8 Å². The number of hydrogen-bond acceptors (Lipinski definition) is 1. The third-order valence-corrected chi connectivity index (χ3v) is 3.57. The Morgan fingerprint density at radius 2 is 1.76 bits per heavy atom. The summed E-state index contributed by atoms with van der Waals surface area (Å²) in [4.78, 5) is 2.35. The zero-order valence-electron chi connectivity index (χ0n) is 10.8. The number of rotatable bonds is 3. The first-order valence-electron chi connectivity index (χ1n) is 6.60. The predicted octanol–water partition coefficient (Wildman–Crippen LogP) is 3.74. The van der Waals surface area contributed by atoms with Crippen LogP contribution in [-0.4, -0.2) is 24.2 Å². The van der Waals surface area contributed by atoms with Crippen LogP contribution in [0, 0.1) is 0 Å². The normalized spacial score (nSPS) is 18.8. The van der Waals surface area contributed by atoms with Gasteiger partial charge in [-0.25, -0.2) is 4.39 Å². The maximum Gasteiger partial charge on any atom is 0.103 e. The van der Waals surface area contributed by atoms with Gasteiger partial charge in [-0.15, -0.1) is 0 Å². The van der Waals surface area contributed by atoms with Crippen LogP contribution in [0.1, 0.15) is 43.7 Å². The molecule has 0 N–H and O–H groups in total. The van der Waals surface area contributed by atoms with Crippen molar-refractivity contribution in [2.24, 2.45) is 0 Å². The summed E-state index contributed by atoms with van der Waals surface area (Å²) in [7, 11) is 0. The second-order valence-corrected chi connectivity index (χ2v) is 5.35. The molecule has 1 aliphatic heterocycles. The molecule has 1 aliphatic rings. The summed E-state index contributed by atoms with van der Waals surface area (Å²) in [6.45, 7) is 7.17. The van der Waals surface area contributed by atoms with E-state index in [2.05, 4.69) is 43.0 Å². The predicted molar refractivity (Wildman–Crippen MR) is 69.9 cm³/mol. The van der Waals surface area contributed by atoms with Crippen molar-refractivity contribution < 1.29 is 4.39 Å². The standard InChI is InChI=1S/C15H22FN/c1-12(2)14-5-3-13(4-6-14)11-17-9-7-15(16)8-10-17/h3-6,12,15H,7-11H2,1-2H3. The summed E-state index contributed by atoms with van der Waals surface area (Å²) in [5, 5.41) is 0. The summed E-state index contributed by atoms with van der Waals surface area (Å²) in [6, 6.07) is 8.83. The van der Waals surface area contributed by atoms with E-state index in [1.807, 2.05) is 0 Å². The summed E-state index contributed by atoms with van der Waals surface area (Å²) in [5.41, 5.74) is 2.72. The fourth-order valence-corrected chi connectivity index (χ4v) is 2.33. The fourth-order valence-electron chi connectivity index (χ4n) is 2.33. The van der Waals surface area contributed by atoms with Crippen molar-refractivity contribution in [1.82, 2.24) is 4.90 Å². The van der Waals surface area contributed by atoms with Crippen LogP contribution in [-0.2, 0) is 6.54 Å². The lowest BCUT2D eigenvalue weighted by Crippen LogP contribution is -2.33. The van der Waals surface area contributed by atoms with E-state index in [4.69, 9.17) is 0 Å². The van der Waals surface area contributed by atoms with E-state index in [9.17, 15) is 4.39 Å². The van der Waals surface area contributed by atoms with Gasteiger partial charge >= 0.3 is 0 Å². The van der Waals surface area contributed by atoms with Crippen molar-refractivity contribution in [3.05, 3.63) is 35.4 Å². The molecule has 1 nitrogen and oxygen atoms in total. The Labute approximate surface area is 104 Å². The van der Waals surface area contributed by atoms with E-state index in [-0.39, 0.29) is 0 Å². The molecule has 2 heteroatoms. The number of nitrogens with zero attached hydrogens (tertiary/aromatic N) is 1. The molecule has 2 rings (SSSR count). The lowest BCUT2D eigenvalue weighted by atomic mass is 10.0. The monoisotopic (exact) mass is 235 g/mol. The van der Waals surface area contributed by atoms with Gasteiger partial charge in [0.15, 0.2) is 0 Å². The molecule has 0 saturated carbocycles. The van der Waals surface area contributed by atoms with Crippen LogP contribution in [0.2, 0.25) is 0 Å². The highest BCUT2D eigenvalue weighted by molar-refractivity contribution is 5.24. The second-order valence-electron chi connectivity index (χ2n) is 5.35. The number of likely N-dealkylation sites (tertiary alicyclic amines) is 1. The Balaban J connectivity index is 1.90. The topological polar surface area (TPSA) is 3.24 Å². The van der Waals surface area contributed by atoms with Gasteiger partial charge in [0.2, 0.25) is 0 Å². The quantitative estimate of drug-likeness (QED) is 0.771. The van der Waals surface area contributed by atoms with Crippen LogP contribution < -0.4 is 0 Å². The zero-order chi connectivity index (χ0) is 12.3. The maximum absolute atomic E-state index is 13.0. The minimum Gasteiger partial charge on any atom is -0.299 e. The van der Waals surface area contributed by atoms with E-state index >= 15 is 0 Å². The Bertz CT molecular complexity index is 336. The number of alkyl halides is 1. The Morgan fingerprint density at radius 1 is 1.18 bits per heavy atom. The molecule has 0 spiro atoms. The fraction of sp³-hybridized carbons (Fsp3) is 0.600. The van der Waals surface area contributed by atoms with Gasteiger partial charge in [0.25, 0.3) is 0 Å². The summed E-state index contributed by atoms with van der Waals surface area (Å²) in [5.74, 6) is 0.589. The molecular formula is C15H22FN. The van der Waals surface area contributed by atoms with Gasteiger partial charge in [-0.05, 0) is 29.9 Å². The minimum atomic E-state index is -0.574. The van der Waals surface area contributed by atoms with Crippen LogP contribution in [0.25, 0.3) is 0 Å². The highest BCUT2D eigenvalue weighted by Gasteiger charge is 2.18. The average molecular weight is 235 g/mol. The zero-order valence-corrected chi connectivity index (χ0v) is 10.8. The third kappa shape index (κ3) is 3.53. The molecule has 1 heterocycles. The first-order chi connectivity index (χ1) is 8.15. The van der Waals surface area contributed by atoms with E-state index in [1.54, 1.807) is 0 Å². The highest BCUT2D eigenvalue weighted by atomic mass is 19.1. The van der Waals surface area contributed by atoms with Crippen molar-refractivity contribution in [1.29, 1.82) is 0 Å². The highest BCUT2D eigenvalue weighted by Crippen LogP contribution is 2.18. The molecule has 1 aromatic carbocycles. The number of halogens is 1. The molecule has 17 heavy (non-hydrogen) atoms. The lowest BCUT2D eigenvalue weighted by Gasteiger charge is -2.28. The van der Waals surface area contributed by atoms with Crippen LogP contribution in [0.5, 0.6) is 0 Å². The minimum absolute atomic E-state index is 0.574. The van der Waals surface area contributed by atoms with Crippen LogP contribution >= 0.6 is 0 Å². The first-order valence-corrected chi connectivity index (χ1v) is 6.60. The molecule has 1 saturated heterocycles. The van der Waals surface area contributed by atoms with Crippen LogP contribution in [0.4, 0.5) is 4.39 Å². The van der Waals surface area contributed by atoms with Gasteiger partial charge in [0.1, 0.15) is 6.17 Å². The Morgan fingerprint density at radius 3 is 2.29 bits per heavy atom. The van der Waals surface area contributed by atoms with Crippen molar-refractivity contribution in [3.63, 3.8) is 0 Å². The molecule has 0 amide bonds. The van der Waals surface area contributed by atoms with Gasteiger partial charge in [-0.3, -0.25) is 4.90 Å². The van der Waals surface area contributed by atoms with Gasteiger partial charge in [0.05, 0.1) is 0 Å². The van der Waals surface area contributed by atoms with Crippen molar-refractivity contribution in [3.8, 4) is 0 Å². The molecule has 0 aliphatic carbocycles. The van der Waals surface area contributed by atoms with Crippen molar-refractivity contribution in [2.45, 2.75) is 45.3 Å². The SMILES string of the molecule is CC(C)c1ccc(CN2CCC(F)CC2)cc1. The Kier molecular flexibility index (Phi) is 4.16. The number of hydrogen-bond donors (Lipinski definition) is 0. The smallest absolute Gasteiger partial charge is 0.103 e. The average Bonchev–Trinajstić information content (AvgIpc) is 2.33. The van der Waals surface area contributed by atoms with Crippen molar-refractivity contribution >= 4 is 0 Å². The van der Waals surface area contributed by atoms with Crippen LogP contribution in [0.15, 0.2) is 24.3 Å². The molecule has 0 bridgehead atoms. The third-order valence-electron chi connectivity index (χ3n) is 3.57. The summed E-state index contributed by atoms with van der Waals surface area (Å²) in [6.07, 6.45) is 0.823. The molecule has 1 fully saturated rings. The van der Waals surface area contributed by atoms with E-state index in [1.165, 1.54) is 11.1 Å². The van der Waals surface area contributed by atoms with Crippen LogP contribution in [0.3, 0.4) is 0 Å². The first kappa shape index (κ1) is 12.6. The summed E-state index contributed by atoms with van der Waals surface area (Å²) < 4.78 is 13.0. The molecule has 0 aromatic heterocycles. The number of benzene rings is 1. The molecule has 0 unspecified atom stereocenters. The summed E-state index contributed by atoms with van der Waals surface area (Å²) >= 11 is 0. The largest absolute Gasteiger partial charge is 0.299 e. The second kappa shape index (κ2) is 5.63. The molecular weight excluding hydrogens is 213 g/mol. The lowest BCUT2D eigenvalue weighted by molar-refractivity contribution is 0.145. The van der Waals surface area contributed by atoms with Gasteiger partial charge < -0.3 is 0 Å². The Hall–Kier alpha value is -0.890. The molecule has 0 atom stereocenters. The molecule has 94 valence electrons. The van der Waals surface area contributed by atoms with Gasteiger partial charge in [0, 0.05) is 19.6 Å². The maximum atomic E-state index is 13.0. The molecule has 1 aromatic rings. The van der Waals surface area contributed by atoms with Gasteiger partial charge in [-0.2, -0.15) is 0 Å². The number of piperidine rings is 1. The van der Waals surface area contributed by atoms with E-state index in [0.717, 1.165) is 19.6 Å².